The zero-order chi connectivity index (χ0) is 21.7. The smallest absolute Gasteiger partial charge is 0.309 e. The zero-order valence-electron chi connectivity index (χ0n) is 17.8. The number of carbonyl (C=O) groups is 2. The van der Waals surface area contributed by atoms with Gasteiger partial charge in [0.2, 0.25) is 6.79 Å². The van der Waals surface area contributed by atoms with E-state index in [1.54, 1.807) is 12.1 Å². The molecule has 8 nitrogen and oxygen atoms in total. The van der Waals surface area contributed by atoms with E-state index in [1.165, 1.54) is 0 Å². The second kappa shape index (κ2) is 9.49. The number of anilines is 1. The van der Waals surface area contributed by atoms with E-state index in [9.17, 15) is 9.59 Å². The summed E-state index contributed by atoms with van der Waals surface area (Å²) in [6.07, 6.45) is 0. The van der Waals surface area contributed by atoms with Gasteiger partial charge in [0.05, 0.1) is 6.04 Å². The molecule has 0 aromatic heterocycles. The lowest BCUT2D eigenvalue weighted by Crippen LogP contribution is -2.42. The first-order valence-electron chi connectivity index (χ1n) is 9.73. The lowest BCUT2D eigenvalue weighted by Gasteiger charge is -2.25. The molecule has 2 aromatic carbocycles. The largest absolute Gasteiger partial charge is 0.454 e. The first-order valence-corrected chi connectivity index (χ1v) is 9.73. The van der Waals surface area contributed by atoms with Gasteiger partial charge in [-0.25, -0.2) is 0 Å². The fourth-order valence-electron chi connectivity index (χ4n) is 3.18. The summed E-state index contributed by atoms with van der Waals surface area (Å²) in [4.78, 5) is 28.5. The molecule has 0 aliphatic carbocycles. The third-order valence-electron chi connectivity index (χ3n) is 4.97. The van der Waals surface area contributed by atoms with Crippen LogP contribution >= 0.6 is 0 Å². The Balaban J connectivity index is 1.52. The second-order valence-corrected chi connectivity index (χ2v) is 7.55. The van der Waals surface area contributed by atoms with Gasteiger partial charge in [0.15, 0.2) is 11.5 Å². The molecule has 1 aliphatic heterocycles. The van der Waals surface area contributed by atoms with Crippen LogP contribution in [0.15, 0.2) is 42.5 Å². The molecule has 0 spiro atoms. The summed E-state index contributed by atoms with van der Waals surface area (Å²) in [6.45, 7) is 0.745. The van der Waals surface area contributed by atoms with E-state index >= 15 is 0 Å². The van der Waals surface area contributed by atoms with Crippen molar-refractivity contribution in [3.05, 3.63) is 53.6 Å². The summed E-state index contributed by atoms with van der Waals surface area (Å²) in [5, 5.41) is 5.37. The van der Waals surface area contributed by atoms with Gasteiger partial charge in [0, 0.05) is 32.9 Å². The fourth-order valence-corrected chi connectivity index (χ4v) is 3.18. The summed E-state index contributed by atoms with van der Waals surface area (Å²) in [5.41, 5.74) is 2.99. The molecule has 1 atom stereocenters. The number of nitrogens with zero attached hydrogens (tertiary/aromatic N) is 2. The Kier molecular flexibility index (Phi) is 6.79. The Bertz CT molecular complexity index is 897. The van der Waals surface area contributed by atoms with Crippen LogP contribution in [0.5, 0.6) is 11.5 Å². The van der Waals surface area contributed by atoms with Crippen molar-refractivity contribution in [2.24, 2.45) is 0 Å². The molecule has 2 N–H and O–H groups in total. The number of fused-ring (bicyclic) bond motifs is 1. The van der Waals surface area contributed by atoms with Gasteiger partial charge in [-0.2, -0.15) is 0 Å². The molecular weight excluding hydrogens is 384 g/mol. The normalized spacial score (nSPS) is 13.1. The number of hydrogen-bond donors (Lipinski definition) is 2. The van der Waals surface area contributed by atoms with Crippen LogP contribution in [-0.4, -0.2) is 58.2 Å². The topological polar surface area (TPSA) is 83.1 Å². The highest BCUT2D eigenvalue weighted by molar-refractivity contribution is 6.35. The highest BCUT2D eigenvalue weighted by atomic mass is 16.7. The molecular formula is C22H28N4O4. The predicted octanol–water partition coefficient (Wildman–Crippen LogP) is 1.52. The highest BCUT2D eigenvalue weighted by Gasteiger charge is 2.19. The van der Waals surface area contributed by atoms with E-state index in [-0.39, 0.29) is 19.4 Å². The van der Waals surface area contributed by atoms with E-state index in [2.05, 4.69) is 10.6 Å². The van der Waals surface area contributed by atoms with Gasteiger partial charge in [0.25, 0.3) is 0 Å². The maximum Gasteiger partial charge on any atom is 0.309 e. The Hall–Kier alpha value is -3.26. The SMILES string of the molecule is CN(C)c1ccc(C(CNC(=O)C(=O)NCc2ccc3c(c2)OCO3)N(C)C)cc1. The predicted molar refractivity (Wildman–Crippen MR) is 115 cm³/mol. The Morgan fingerprint density at radius 3 is 2.27 bits per heavy atom. The monoisotopic (exact) mass is 412 g/mol. The first-order chi connectivity index (χ1) is 14.3. The molecule has 0 radical (unpaired) electrons. The van der Waals surface area contributed by atoms with Gasteiger partial charge in [-0.05, 0) is 49.5 Å². The van der Waals surface area contributed by atoms with Crippen molar-refractivity contribution in [1.82, 2.24) is 15.5 Å². The third kappa shape index (κ3) is 5.21. The summed E-state index contributed by atoms with van der Waals surface area (Å²) in [5.74, 6) is -0.0166. The van der Waals surface area contributed by atoms with E-state index < -0.39 is 11.8 Å². The average molecular weight is 412 g/mol. The Labute approximate surface area is 176 Å². The first kappa shape index (κ1) is 21.4. The van der Waals surface area contributed by atoms with Crippen LogP contribution < -0.4 is 25.0 Å². The van der Waals surface area contributed by atoms with Crippen molar-refractivity contribution in [3.63, 3.8) is 0 Å². The number of nitrogens with one attached hydrogen (secondary N) is 2. The van der Waals surface area contributed by atoms with Crippen LogP contribution in [0.1, 0.15) is 17.2 Å². The van der Waals surface area contributed by atoms with E-state index in [0.29, 0.717) is 18.0 Å². The minimum Gasteiger partial charge on any atom is -0.454 e. The summed E-state index contributed by atoms with van der Waals surface area (Å²) < 4.78 is 10.6. The number of carbonyl (C=O) groups excluding carboxylic acids is 2. The molecule has 3 rings (SSSR count). The van der Waals surface area contributed by atoms with Crippen LogP contribution in [0.2, 0.25) is 0 Å². The average Bonchev–Trinajstić information content (AvgIpc) is 3.20. The van der Waals surface area contributed by atoms with Crippen molar-refractivity contribution in [2.45, 2.75) is 12.6 Å². The fraction of sp³-hybridized carbons (Fsp3) is 0.364. The molecule has 160 valence electrons. The van der Waals surface area contributed by atoms with Crippen molar-refractivity contribution < 1.29 is 19.1 Å². The number of ether oxygens (including phenoxy) is 2. The number of rotatable bonds is 7. The van der Waals surface area contributed by atoms with E-state index in [1.807, 2.05) is 68.3 Å². The molecule has 0 saturated carbocycles. The highest BCUT2D eigenvalue weighted by Crippen LogP contribution is 2.32. The second-order valence-electron chi connectivity index (χ2n) is 7.55. The zero-order valence-corrected chi connectivity index (χ0v) is 17.8. The van der Waals surface area contributed by atoms with Gasteiger partial charge < -0.3 is 29.9 Å². The van der Waals surface area contributed by atoms with Crippen LogP contribution in [0.3, 0.4) is 0 Å². The van der Waals surface area contributed by atoms with Crippen molar-refractivity contribution in [2.75, 3.05) is 46.4 Å². The standard InChI is InChI=1S/C22H28N4O4/c1-25(2)17-8-6-16(7-9-17)18(26(3)4)13-24-22(28)21(27)23-12-15-5-10-19-20(11-15)30-14-29-19/h5-11,18H,12-14H2,1-4H3,(H,23,27)(H,24,28). The molecule has 2 aromatic rings. The maximum atomic E-state index is 12.3. The van der Waals surface area contributed by atoms with Crippen LogP contribution in [0.4, 0.5) is 5.69 Å². The Morgan fingerprint density at radius 1 is 0.933 bits per heavy atom. The van der Waals surface area contributed by atoms with Crippen LogP contribution in [-0.2, 0) is 16.1 Å². The van der Waals surface area contributed by atoms with Crippen molar-refractivity contribution in [3.8, 4) is 11.5 Å². The van der Waals surface area contributed by atoms with Crippen LogP contribution in [0.25, 0.3) is 0 Å². The molecule has 30 heavy (non-hydrogen) atoms. The minimum absolute atomic E-state index is 0.0492. The van der Waals surface area contributed by atoms with E-state index in [0.717, 1.165) is 16.8 Å². The molecule has 2 amide bonds. The van der Waals surface area contributed by atoms with Gasteiger partial charge in [-0.3, -0.25) is 9.59 Å². The molecule has 0 saturated heterocycles. The molecule has 1 unspecified atom stereocenters. The molecule has 8 heteroatoms. The van der Waals surface area contributed by atoms with Crippen LogP contribution in [0, 0.1) is 0 Å². The lowest BCUT2D eigenvalue weighted by atomic mass is 10.1. The summed E-state index contributed by atoms with van der Waals surface area (Å²) in [6, 6.07) is 13.5. The van der Waals surface area contributed by atoms with Crippen molar-refractivity contribution in [1.29, 1.82) is 0 Å². The number of benzene rings is 2. The maximum absolute atomic E-state index is 12.3. The van der Waals surface area contributed by atoms with E-state index in [4.69, 9.17) is 9.47 Å². The summed E-state index contributed by atoms with van der Waals surface area (Å²) in [7, 11) is 7.86. The van der Waals surface area contributed by atoms with Gasteiger partial charge >= 0.3 is 11.8 Å². The number of amides is 2. The molecule has 1 heterocycles. The number of hydrogen-bond acceptors (Lipinski definition) is 6. The quantitative estimate of drug-likeness (QED) is 0.671. The summed E-state index contributed by atoms with van der Waals surface area (Å²) >= 11 is 0. The molecule has 1 aliphatic rings. The lowest BCUT2D eigenvalue weighted by molar-refractivity contribution is -0.139. The number of likely N-dealkylation sites (N-methyl/N-ethyl adjacent to an activating group) is 1. The van der Waals surface area contributed by atoms with Gasteiger partial charge in [-0.1, -0.05) is 18.2 Å². The molecule has 0 fully saturated rings. The third-order valence-corrected chi connectivity index (χ3v) is 4.97. The van der Waals surface area contributed by atoms with Crippen molar-refractivity contribution >= 4 is 17.5 Å². The van der Waals surface area contributed by atoms with Gasteiger partial charge in [0.1, 0.15) is 0 Å². The Morgan fingerprint density at radius 2 is 1.60 bits per heavy atom. The molecule has 0 bridgehead atoms. The minimum atomic E-state index is -0.673. The van der Waals surface area contributed by atoms with Gasteiger partial charge in [-0.15, -0.1) is 0 Å².